The quantitative estimate of drug-likeness (QED) is 0.0971. The molecule has 12 bridgehead atoms. The summed E-state index contributed by atoms with van der Waals surface area (Å²) in [5.74, 6) is 1.49. The fourth-order valence-electron chi connectivity index (χ4n) is 8.32. The summed E-state index contributed by atoms with van der Waals surface area (Å²) in [4.78, 5) is 47.9. The van der Waals surface area contributed by atoms with Gasteiger partial charge in [-0.1, -0.05) is 113 Å². The maximum atomic E-state index is 13.7. The third-order valence-electron chi connectivity index (χ3n) is 11.9. The Hall–Kier alpha value is -7.87. The Balaban J connectivity index is 1.12. The van der Waals surface area contributed by atoms with Crippen molar-refractivity contribution >= 4 is 68.2 Å². The molecule has 354 valence electrons. The average molecular weight is 976 g/mol. The molecule has 0 atom stereocenters. The second-order valence-corrected chi connectivity index (χ2v) is 19.5. The topological polar surface area (TPSA) is 144 Å². The van der Waals surface area contributed by atoms with E-state index in [-0.39, 0.29) is 18.2 Å². The molecule has 4 aliphatic heterocycles. The van der Waals surface area contributed by atoms with Gasteiger partial charge >= 0.3 is 5.97 Å². The molecule has 71 heavy (non-hydrogen) atoms. The van der Waals surface area contributed by atoms with E-state index < -0.39 is 12.2 Å². The van der Waals surface area contributed by atoms with Crippen LogP contribution in [0.15, 0.2) is 162 Å². The largest absolute Gasteiger partial charge is 0.494 e. The smallest absolute Gasteiger partial charge is 0.361 e. The number of hydrogen-bond acceptors (Lipinski definition) is 12. The fraction of sp³-hybridized carbons (Fsp3) is 0.155. The summed E-state index contributed by atoms with van der Waals surface area (Å²) in [5.41, 5.74) is 19.8. The molecule has 6 heterocycles. The van der Waals surface area contributed by atoms with Gasteiger partial charge in [0.05, 0.1) is 36.3 Å². The number of anilines is 1. The molecule has 0 saturated carbocycles. The Morgan fingerprint density at radius 3 is 2.14 bits per heavy atom. The first-order valence-corrected chi connectivity index (χ1v) is 25.7. The molecule has 0 spiro atoms. The van der Waals surface area contributed by atoms with Crippen LogP contribution in [0.25, 0.3) is 66.5 Å². The van der Waals surface area contributed by atoms with Crippen molar-refractivity contribution in [2.75, 3.05) is 30.1 Å². The molecule has 12 rings (SSSR count). The first-order valence-electron chi connectivity index (χ1n) is 23.7. The minimum Gasteiger partial charge on any atom is -0.494 e. The van der Waals surface area contributed by atoms with Gasteiger partial charge in [0.25, 0.3) is 0 Å². The molecule has 0 unspecified atom stereocenters. The van der Waals surface area contributed by atoms with Gasteiger partial charge in [-0.05, 0) is 137 Å². The van der Waals surface area contributed by atoms with Crippen molar-refractivity contribution in [3.8, 4) is 61.4 Å². The summed E-state index contributed by atoms with van der Waals surface area (Å²) >= 11 is 0. The number of carbonyl (C=O) groups is 3. The number of fused-ring (bicyclic) bond motifs is 2. The molecule has 1 amide bonds. The Morgan fingerprint density at radius 1 is 0.718 bits per heavy atom. The minimum absolute atomic E-state index is 0.00502. The van der Waals surface area contributed by atoms with Crippen molar-refractivity contribution in [1.29, 1.82) is 0 Å². The summed E-state index contributed by atoms with van der Waals surface area (Å²) < 4.78 is 19.3. The zero-order valence-electron chi connectivity index (χ0n) is 40.4. The van der Waals surface area contributed by atoms with Gasteiger partial charge in [0.2, 0.25) is 5.91 Å². The van der Waals surface area contributed by atoms with E-state index in [1.807, 2.05) is 85.9 Å². The van der Waals surface area contributed by atoms with Gasteiger partial charge in [-0.25, -0.2) is 10.2 Å². The molecule has 0 fully saturated rings. The molecule has 2 N–H and O–H groups in total. The van der Waals surface area contributed by atoms with E-state index in [4.69, 9.17) is 25.9 Å². The number of nitrogens with zero attached hydrogens (tertiary/aromatic N) is 4. The predicted molar refractivity (Wildman–Crippen MR) is 290 cm³/mol. The highest BCUT2D eigenvalue weighted by atomic mass is 33.1. The highest BCUT2D eigenvalue weighted by Crippen LogP contribution is 2.37. The molecule has 0 saturated heterocycles. The number of pyridine rings is 2. The van der Waals surface area contributed by atoms with Gasteiger partial charge in [-0.3, -0.25) is 25.0 Å². The normalized spacial score (nSPS) is 14.8. The van der Waals surface area contributed by atoms with Crippen LogP contribution in [-0.4, -0.2) is 64.8 Å². The zero-order valence-corrected chi connectivity index (χ0v) is 41.0. The molecule has 6 aromatic carbocycles. The highest BCUT2D eigenvalue weighted by molar-refractivity contribution is 8.76. The van der Waals surface area contributed by atoms with E-state index in [1.54, 1.807) is 65.2 Å². The first-order chi connectivity index (χ1) is 35.1. The summed E-state index contributed by atoms with van der Waals surface area (Å²) in [6.07, 6.45) is 5.66. The number of ether oxygens (including phenoxy) is 2. The molecule has 8 aromatic rings. The standard InChI is InChI=1S/C58H50N6O5S2/c1-4-68-58(67)57-53-20-17-46(34-59-53)43-13-7-14-50(31-43)69-22-8-23-70-71-24-21-55(66)63-61-33-39-9-5-11-41(27-39)44-16-19-52(38(3)26-44)49-30-48-29-47(32-54(62-64-57)56(48)60-35-49)51-18-15-45(25-37(51)2)42-12-6-10-40(28-42)36-65/h5-7,9-20,25-36,62H,4,8,21-24H2,1-3H3,(H,63,66)/b61-33+,64-57+/i36D. The van der Waals surface area contributed by atoms with Crippen LogP contribution in [0.3, 0.4) is 0 Å². The summed E-state index contributed by atoms with van der Waals surface area (Å²) in [7, 11) is 3.37. The van der Waals surface area contributed by atoms with E-state index >= 15 is 0 Å². The number of hydrogen-bond donors (Lipinski definition) is 2. The van der Waals surface area contributed by atoms with Crippen molar-refractivity contribution in [2.24, 2.45) is 10.2 Å². The van der Waals surface area contributed by atoms with Crippen LogP contribution in [0, 0.1) is 13.8 Å². The molecule has 2 aromatic heterocycles. The average Bonchev–Trinajstić information content (AvgIpc) is 3.39. The van der Waals surface area contributed by atoms with Gasteiger partial charge in [0, 0.05) is 52.4 Å². The number of aldehydes is 1. The van der Waals surface area contributed by atoms with Crippen molar-refractivity contribution in [3.63, 3.8) is 0 Å². The number of aromatic nitrogens is 2. The molecule has 0 radical (unpaired) electrons. The van der Waals surface area contributed by atoms with Crippen LogP contribution in [0.1, 0.15) is 53.9 Å². The molecule has 11 nitrogen and oxygen atoms in total. The monoisotopic (exact) mass is 975 g/mol. The maximum Gasteiger partial charge on any atom is 0.361 e. The lowest BCUT2D eigenvalue weighted by molar-refractivity contribution is -0.135. The van der Waals surface area contributed by atoms with Crippen molar-refractivity contribution in [2.45, 2.75) is 33.6 Å². The molecular weight excluding hydrogens is 925 g/mol. The van der Waals surface area contributed by atoms with E-state index in [9.17, 15) is 14.4 Å². The number of carbonyl (C=O) groups excluding carboxylic acids is 3. The second kappa shape index (κ2) is 22.7. The van der Waals surface area contributed by atoms with Crippen molar-refractivity contribution in [1.82, 2.24) is 15.4 Å². The highest BCUT2D eigenvalue weighted by Gasteiger charge is 2.20. The summed E-state index contributed by atoms with van der Waals surface area (Å²) in [5, 5.41) is 9.78. The number of rotatable bonds is 5. The number of nitrogens with one attached hydrogen (secondary N) is 2. The minimum atomic E-state index is -0.737. The van der Waals surface area contributed by atoms with Crippen LogP contribution >= 0.6 is 21.6 Å². The van der Waals surface area contributed by atoms with E-state index in [1.165, 1.54) is 0 Å². The number of aryl methyl sites for hydroxylation is 2. The lowest BCUT2D eigenvalue weighted by Crippen LogP contribution is -2.21. The van der Waals surface area contributed by atoms with Gasteiger partial charge in [0.15, 0.2) is 5.71 Å². The van der Waals surface area contributed by atoms with Crippen molar-refractivity contribution in [3.05, 3.63) is 180 Å². The molecular formula is C58H50N6O5S2. The zero-order chi connectivity index (χ0) is 50.0. The van der Waals surface area contributed by atoms with Crippen LogP contribution in [0.5, 0.6) is 5.75 Å². The summed E-state index contributed by atoms with van der Waals surface area (Å²) in [6.45, 7) is 6.54. The van der Waals surface area contributed by atoms with E-state index in [2.05, 4.69) is 65.3 Å². The second-order valence-electron chi connectivity index (χ2n) is 16.8. The molecule has 13 heteroatoms. The number of hydrazone groups is 2. The van der Waals surface area contributed by atoms with Gasteiger partial charge in [-0.2, -0.15) is 10.2 Å². The van der Waals surface area contributed by atoms with Crippen molar-refractivity contribution < 1.29 is 25.2 Å². The van der Waals surface area contributed by atoms with Crippen LogP contribution in [0.4, 0.5) is 5.69 Å². The van der Waals surface area contributed by atoms with Crippen LogP contribution in [-0.2, 0) is 14.3 Å². The lowest BCUT2D eigenvalue weighted by Gasteiger charge is -2.15. The Morgan fingerprint density at radius 2 is 1.39 bits per heavy atom. The Bertz CT molecular complexity index is 3400. The number of benzene rings is 6. The first kappa shape index (κ1) is 46.8. The maximum absolute atomic E-state index is 13.7. The number of esters is 1. The fourth-order valence-corrected chi connectivity index (χ4v) is 10.4. The predicted octanol–water partition coefficient (Wildman–Crippen LogP) is 12.8. The molecule has 0 aliphatic carbocycles. The number of amides is 1. The Labute approximate surface area is 422 Å². The van der Waals surface area contributed by atoms with E-state index in [0.29, 0.717) is 41.2 Å². The summed E-state index contributed by atoms with van der Waals surface area (Å²) in [6, 6.07) is 45.2. The van der Waals surface area contributed by atoms with Crippen LogP contribution < -0.4 is 15.6 Å². The van der Waals surface area contributed by atoms with Crippen LogP contribution in [0.2, 0.25) is 0 Å². The van der Waals surface area contributed by atoms with Gasteiger partial charge in [0.1, 0.15) is 13.4 Å². The van der Waals surface area contributed by atoms with Gasteiger partial charge in [-0.15, -0.1) is 0 Å². The van der Waals surface area contributed by atoms with E-state index in [0.717, 1.165) is 95.6 Å². The SMILES string of the molecule is [2H]C(=O)c1cccc(-c2ccc(-c3cc4c5ncc(cc5c3)-c3ccc(cc3C)-c3cccc(c3)/C=N/NC(=O)CCSSCCCOc3cccc(c3)-c3ccc(nc3)/C(C(=O)OCC)=N\N4)c(C)c2)c1. The van der Waals surface area contributed by atoms with Gasteiger partial charge < -0.3 is 9.47 Å². The third kappa shape index (κ3) is 11.8. The Kier molecular flexibility index (Phi) is 15.0. The third-order valence-corrected chi connectivity index (χ3v) is 14.4. The molecule has 4 aliphatic rings. The lowest BCUT2D eigenvalue weighted by atomic mass is 9.93.